The highest BCUT2D eigenvalue weighted by Crippen LogP contribution is 2.32. The number of rotatable bonds is 5. The fraction of sp³-hybridized carbons (Fsp3) is 0.524. The van der Waals surface area contributed by atoms with Gasteiger partial charge in [-0.15, -0.1) is 10.2 Å². The van der Waals surface area contributed by atoms with Crippen molar-refractivity contribution in [3.63, 3.8) is 0 Å². The lowest BCUT2D eigenvalue weighted by atomic mass is 9.97. The molecule has 3 heterocycles. The van der Waals surface area contributed by atoms with Gasteiger partial charge in [-0.1, -0.05) is 41.2 Å². The first kappa shape index (κ1) is 19.8. The van der Waals surface area contributed by atoms with E-state index >= 15 is 0 Å². The van der Waals surface area contributed by atoms with Gasteiger partial charge in [0.05, 0.1) is 5.92 Å². The van der Waals surface area contributed by atoms with Crippen molar-refractivity contribution < 1.29 is 9.59 Å². The molecule has 2 aromatic rings. The standard InChI is InChI=1S/C21H27N5O2S/c1-15-7-9-16(10-8-15)13-22-19(28)17-5-4-11-25(14-17)20-23-24-21(29-20)26-12-3-2-6-18(26)27/h7-10,17H,2-6,11-14H2,1H3,(H,22,28). The van der Waals surface area contributed by atoms with E-state index in [2.05, 4.69) is 39.5 Å². The second-order valence-corrected chi connectivity index (χ2v) is 8.79. The van der Waals surface area contributed by atoms with E-state index in [-0.39, 0.29) is 17.7 Å². The van der Waals surface area contributed by atoms with E-state index in [1.807, 2.05) is 12.1 Å². The number of carbonyl (C=O) groups excluding carboxylic acids is 2. The molecule has 2 aliphatic heterocycles. The summed E-state index contributed by atoms with van der Waals surface area (Å²) < 4.78 is 0. The van der Waals surface area contributed by atoms with Crippen LogP contribution in [0.15, 0.2) is 24.3 Å². The molecule has 0 aliphatic carbocycles. The van der Waals surface area contributed by atoms with Crippen LogP contribution in [0.25, 0.3) is 0 Å². The zero-order valence-corrected chi connectivity index (χ0v) is 17.6. The molecule has 0 saturated carbocycles. The average molecular weight is 414 g/mol. The monoisotopic (exact) mass is 413 g/mol. The highest BCUT2D eigenvalue weighted by Gasteiger charge is 2.29. The van der Waals surface area contributed by atoms with Crippen LogP contribution in [0.5, 0.6) is 0 Å². The summed E-state index contributed by atoms with van der Waals surface area (Å²) in [5, 5.41) is 13.1. The number of aryl methyl sites for hydroxylation is 1. The van der Waals surface area contributed by atoms with Crippen LogP contribution in [0.1, 0.15) is 43.2 Å². The Morgan fingerprint density at radius 2 is 1.93 bits per heavy atom. The molecule has 7 nitrogen and oxygen atoms in total. The van der Waals surface area contributed by atoms with Gasteiger partial charge in [0.25, 0.3) is 0 Å². The molecule has 154 valence electrons. The minimum Gasteiger partial charge on any atom is -0.352 e. The molecule has 2 amide bonds. The maximum Gasteiger partial charge on any atom is 0.228 e. The summed E-state index contributed by atoms with van der Waals surface area (Å²) in [5.74, 6) is 0.162. The number of benzene rings is 1. The number of amides is 2. The molecule has 0 radical (unpaired) electrons. The quantitative estimate of drug-likeness (QED) is 0.815. The van der Waals surface area contributed by atoms with E-state index in [0.717, 1.165) is 49.5 Å². The second-order valence-electron chi connectivity index (χ2n) is 7.86. The Labute approximate surface area is 175 Å². The molecule has 0 spiro atoms. The second kappa shape index (κ2) is 8.90. The van der Waals surface area contributed by atoms with Gasteiger partial charge in [0.15, 0.2) is 0 Å². The first-order chi connectivity index (χ1) is 14.1. The Balaban J connectivity index is 1.35. The summed E-state index contributed by atoms with van der Waals surface area (Å²) in [6.45, 7) is 4.83. The van der Waals surface area contributed by atoms with Crippen LogP contribution in [0.3, 0.4) is 0 Å². The van der Waals surface area contributed by atoms with E-state index < -0.39 is 0 Å². The first-order valence-corrected chi connectivity index (χ1v) is 11.1. The van der Waals surface area contributed by atoms with Gasteiger partial charge >= 0.3 is 0 Å². The largest absolute Gasteiger partial charge is 0.352 e. The fourth-order valence-corrected chi connectivity index (χ4v) is 4.78. The maximum atomic E-state index is 12.7. The number of nitrogens with one attached hydrogen (secondary N) is 1. The van der Waals surface area contributed by atoms with Gasteiger partial charge in [-0.2, -0.15) is 0 Å². The number of carbonyl (C=O) groups is 2. The number of anilines is 2. The lowest BCUT2D eigenvalue weighted by Gasteiger charge is -2.31. The van der Waals surface area contributed by atoms with Crippen LogP contribution in [0.4, 0.5) is 10.3 Å². The predicted octanol–water partition coefficient (Wildman–Crippen LogP) is 2.90. The molecule has 2 saturated heterocycles. The van der Waals surface area contributed by atoms with Crippen LogP contribution in [0, 0.1) is 12.8 Å². The van der Waals surface area contributed by atoms with Crippen LogP contribution < -0.4 is 15.1 Å². The molecule has 1 aromatic heterocycles. The van der Waals surface area contributed by atoms with Crippen molar-refractivity contribution in [3.8, 4) is 0 Å². The molecule has 4 rings (SSSR count). The summed E-state index contributed by atoms with van der Waals surface area (Å²) >= 11 is 1.45. The Morgan fingerprint density at radius 3 is 2.72 bits per heavy atom. The summed E-state index contributed by atoms with van der Waals surface area (Å²) in [7, 11) is 0. The Morgan fingerprint density at radius 1 is 1.14 bits per heavy atom. The Kier molecular flexibility index (Phi) is 6.08. The van der Waals surface area contributed by atoms with Gasteiger partial charge in [-0.25, -0.2) is 0 Å². The molecule has 1 unspecified atom stereocenters. The van der Waals surface area contributed by atoms with Crippen molar-refractivity contribution in [1.29, 1.82) is 0 Å². The van der Waals surface area contributed by atoms with Gasteiger partial charge < -0.3 is 10.2 Å². The topological polar surface area (TPSA) is 78.4 Å². The molecular formula is C21H27N5O2S. The maximum absolute atomic E-state index is 12.7. The van der Waals surface area contributed by atoms with Crippen LogP contribution in [-0.4, -0.2) is 41.6 Å². The molecule has 1 N–H and O–H groups in total. The van der Waals surface area contributed by atoms with Gasteiger partial charge in [0, 0.05) is 32.6 Å². The number of aromatic nitrogens is 2. The molecule has 29 heavy (non-hydrogen) atoms. The van der Waals surface area contributed by atoms with Crippen molar-refractivity contribution in [3.05, 3.63) is 35.4 Å². The highest BCUT2D eigenvalue weighted by molar-refractivity contribution is 7.19. The smallest absolute Gasteiger partial charge is 0.228 e. The van der Waals surface area contributed by atoms with E-state index in [9.17, 15) is 9.59 Å². The van der Waals surface area contributed by atoms with E-state index in [4.69, 9.17) is 0 Å². The SMILES string of the molecule is Cc1ccc(CNC(=O)C2CCCN(c3nnc(N4CCCCC4=O)s3)C2)cc1. The zero-order valence-electron chi connectivity index (χ0n) is 16.8. The predicted molar refractivity (Wildman–Crippen MR) is 114 cm³/mol. The van der Waals surface area contributed by atoms with Crippen molar-refractivity contribution in [1.82, 2.24) is 15.5 Å². The summed E-state index contributed by atoms with van der Waals surface area (Å²) in [4.78, 5) is 28.7. The fourth-order valence-electron chi connectivity index (χ4n) is 3.86. The molecule has 2 fully saturated rings. The van der Waals surface area contributed by atoms with Gasteiger partial charge in [0.2, 0.25) is 22.1 Å². The molecule has 0 bridgehead atoms. The van der Waals surface area contributed by atoms with Crippen molar-refractivity contribution in [2.75, 3.05) is 29.4 Å². The summed E-state index contributed by atoms with van der Waals surface area (Å²) in [6.07, 6.45) is 4.37. The third-order valence-corrected chi connectivity index (χ3v) is 6.62. The number of piperidine rings is 2. The molecule has 1 aromatic carbocycles. The molecule has 2 aliphatic rings. The molecule has 1 atom stereocenters. The summed E-state index contributed by atoms with van der Waals surface area (Å²) in [6, 6.07) is 8.22. The lowest BCUT2D eigenvalue weighted by Crippen LogP contribution is -2.43. The highest BCUT2D eigenvalue weighted by atomic mass is 32.1. The van der Waals surface area contributed by atoms with Crippen LogP contribution in [0.2, 0.25) is 0 Å². The van der Waals surface area contributed by atoms with Crippen molar-refractivity contribution in [2.24, 2.45) is 5.92 Å². The van der Waals surface area contributed by atoms with E-state index in [1.54, 1.807) is 4.90 Å². The average Bonchev–Trinajstić information content (AvgIpc) is 3.23. The van der Waals surface area contributed by atoms with Crippen molar-refractivity contribution >= 4 is 33.4 Å². The van der Waals surface area contributed by atoms with E-state index in [1.165, 1.54) is 16.9 Å². The van der Waals surface area contributed by atoms with Gasteiger partial charge in [0.1, 0.15) is 0 Å². The number of hydrogen-bond acceptors (Lipinski definition) is 6. The first-order valence-electron chi connectivity index (χ1n) is 10.3. The van der Waals surface area contributed by atoms with Crippen LogP contribution in [-0.2, 0) is 16.1 Å². The zero-order chi connectivity index (χ0) is 20.2. The minimum atomic E-state index is -0.0573. The number of nitrogens with zero attached hydrogens (tertiary/aromatic N) is 4. The van der Waals surface area contributed by atoms with Crippen LogP contribution >= 0.6 is 11.3 Å². The van der Waals surface area contributed by atoms with Gasteiger partial charge in [-0.3, -0.25) is 14.5 Å². The minimum absolute atomic E-state index is 0.0573. The third-order valence-electron chi connectivity index (χ3n) is 5.61. The Hall–Kier alpha value is -2.48. The third kappa shape index (κ3) is 4.75. The molecular weight excluding hydrogens is 386 g/mol. The van der Waals surface area contributed by atoms with E-state index in [0.29, 0.717) is 24.6 Å². The lowest BCUT2D eigenvalue weighted by molar-refractivity contribution is -0.125. The number of hydrogen-bond donors (Lipinski definition) is 1. The van der Waals surface area contributed by atoms with Crippen molar-refractivity contribution in [2.45, 2.75) is 45.6 Å². The molecule has 8 heteroatoms. The normalized spacial score (nSPS) is 20.0. The summed E-state index contributed by atoms with van der Waals surface area (Å²) in [5.41, 5.74) is 2.32. The Bertz CT molecular complexity index is 866. The van der Waals surface area contributed by atoms with Gasteiger partial charge in [-0.05, 0) is 38.2 Å².